The highest BCUT2D eigenvalue weighted by molar-refractivity contribution is 6.31. The van der Waals surface area contributed by atoms with Crippen molar-refractivity contribution in [3.63, 3.8) is 0 Å². The molecular weight excluding hydrogens is 330 g/mol. The summed E-state index contributed by atoms with van der Waals surface area (Å²) in [4.78, 5) is 22.1. The minimum absolute atomic E-state index is 0.00796. The minimum atomic E-state index is -0.480. The van der Waals surface area contributed by atoms with Crippen molar-refractivity contribution in [2.45, 2.75) is 19.8 Å². The van der Waals surface area contributed by atoms with Crippen molar-refractivity contribution in [3.8, 4) is 0 Å². The lowest BCUT2D eigenvalue weighted by Gasteiger charge is -2.06. The fourth-order valence-electron chi connectivity index (χ4n) is 2.11. The van der Waals surface area contributed by atoms with Crippen LogP contribution in [0.15, 0.2) is 53.6 Å². The summed E-state index contributed by atoms with van der Waals surface area (Å²) in [6.07, 6.45) is 0.728. The van der Waals surface area contributed by atoms with Gasteiger partial charge < -0.3 is 0 Å². The van der Waals surface area contributed by atoms with Gasteiger partial charge >= 0.3 is 0 Å². The van der Waals surface area contributed by atoms with Gasteiger partial charge in [0, 0.05) is 17.2 Å². The van der Waals surface area contributed by atoms with E-state index < -0.39 is 4.92 Å². The number of nitro benzene ring substituents is 1. The Morgan fingerprint density at radius 1 is 1.25 bits per heavy atom. The van der Waals surface area contributed by atoms with Crippen LogP contribution in [-0.4, -0.2) is 16.5 Å². The maximum Gasteiger partial charge on any atom is 0.269 e. The van der Waals surface area contributed by atoms with Crippen molar-refractivity contribution < 1.29 is 9.72 Å². The molecular formula is C17H16ClN3O3. The molecule has 2 aromatic carbocycles. The van der Waals surface area contributed by atoms with Gasteiger partial charge in [-0.3, -0.25) is 14.9 Å². The normalized spacial score (nSPS) is 11.2. The first-order valence-corrected chi connectivity index (χ1v) is 7.72. The number of hydrogen-bond acceptors (Lipinski definition) is 4. The molecule has 0 radical (unpaired) electrons. The standard InChI is InChI=1S/C17H16ClN3O3/c1-2-16(13-4-3-5-14(18)11-13)19-20-17(22)10-12-6-8-15(9-7-12)21(23)24/h3-9,11H,2,10H2,1H3,(H,20,22). The van der Waals surface area contributed by atoms with Gasteiger partial charge in [-0.15, -0.1) is 0 Å². The zero-order valence-corrected chi connectivity index (χ0v) is 13.8. The van der Waals surface area contributed by atoms with Crippen molar-refractivity contribution in [2.75, 3.05) is 0 Å². The lowest BCUT2D eigenvalue weighted by Crippen LogP contribution is -2.21. The Morgan fingerprint density at radius 2 is 1.96 bits per heavy atom. The van der Waals surface area contributed by atoms with Gasteiger partial charge in [0.15, 0.2) is 0 Å². The number of carbonyl (C=O) groups excluding carboxylic acids is 1. The van der Waals surface area contributed by atoms with Crippen LogP contribution in [0.4, 0.5) is 5.69 Å². The molecule has 0 fully saturated rings. The average molecular weight is 346 g/mol. The summed E-state index contributed by atoms with van der Waals surface area (Å²) in [7, 11) is 0. The molecule has 0 aliphatic rings. The highest BCUT2D eigenvalue weighted by Crippen LogP contribution is 2.13. The Labute approximate surface area is 144 Å². The van der Waals surface area contributed by atoms with Gasteiger partial charge in [0.1, 0.15) is 0 Å². The molecule has 2 aromatic rings. The quantitative estimate of drug-likeness (QED) is 0.492. The number of benzene rings is 2. The van der Waals surface area contributed by atoms with Gasteiger partial charge in [0.25, 0.3) is 5.69 Å². The largest absolute Gasteiger partial charge is 0.273 e. The molecule has 1 N–H and O–H groups in total. The van der Waals surface area contributed by atoms with E-state index in [2.05, 4.69) is 10.5 Å². The fourth-order valence-corrected chi connectivity index (χ4v) is 2.30. The molecule has 2 rings (SSSR count). The van der Waals surface area contributed by atoms with Crippen LogP contribution in [0.5, 0.6) is 0 Å². The number of halogens is 1. The van der Waals surface area contributed by atoms with Crippen LogP contribution in [-0.2, 0) is 11.2 Å². The Bertz CT molecular complexity index is 773. The first kappa shape index (κ1) is 17.6. The third-order valence-electron chi connectivity index (χ3n) is 3.32. The van der Waals surface area contributed by atoms with Gasteiger partial charge in [-0.2, -0.15) is 5.10 Å². The molecule has 0 aromatic heterocycles. The third kappa shape index (κ3) is 4.89. The molecule has 24 heavy (non-hydrogen) atoms. The number of nitro groups is 1. The van der Waals surface area contributed by atoms with E-state index in [4.69, 9.17) is 11.6 Å². The number of amides is 1. The van der Waals surface area contributed by atoms with E-state index in [1.165, 1.54) is 12.1 Å². The minimum Gasteiger partial charge on any atom is -0.273 e. The van der Waals surface area contributed by atoms with E-state index in [-0.39, 0.29) is 18.0 Å². The number of rotatable bonds is 6. The summed E-state index contributed by atoms with van der Waals surface area (Å²) in [5, 5.41) is 15.4. The number of nitrogens with one attached hydrogen (secondary N) is 1. The molecule has 0 atom stereocenters. The summed E-state index contributed by atoms with van der Waals surface area (Å²) in [6.45, 7) is 1.93. The number of carbonyl (C=O) groups is 1. The van der Waals surface area contributed by atoms with Crippen LogP contribution in [0.3, 0.4) is 0 Å². The van der Waals surface area contributed by atoms with Crippen molar-refractivity contribution in [1.29, 1.82) is 0 Å². The number of nitrogens with zero attached hydrogens (tertiary/aromatic N) is 2. The molecule has 0 unspecified atom stereocenters. The summed E-state index contributed by atoms with van der Waals surface area (Å²) in [5.74, 6) is -0.295. The molecule has 0 spiro atoms. The van der Waals surface area contributed by atoms with Gasteiger partial charge in [-0.1, -0.05) is 42.8 Å². The molecule has 0 saturated heterocycles. The molecule has 0 aliphatic carbocycles. The van der Waals surface area contributed by atoms with E-state index in [1.807, 2.05) is 19.1 Å². The Hall–Kier alpha value is -2.73. The molecule has 0 bridgehead atoms. The molecule has 6 nitrogen and oxygen atoms in total. The third-order valence-corrected chi connectivity index (χ3v) is 3.56. The zero-order valence-electron chi connectivity index (χ0n) is 13.0. The van der Waals surface area contributed by atoms with Gasteiger partial charge in [-0.05, 0) is 29.7 Å². The summed E-state index contributed by atoms with van der Waals surface area (Å²) < 4.78 is 0. The highest BCUT2D eigenvalue weighted by Gasteiger charge is 2.08. The molecule has 7 heteroatoms. The molecule has 124 valence electrons. The predicted octanol–water partition coefficient (Wildman–Crippen LogP) is 3.72. The zero-order chi connectivity index (χ0) is 17.5. The SMILES string of the molecule is CCC(=NNC(=O)Cc1ccc([N+](=O)[O-])cc1)c1cccc(Cl)c1. The molecule has 0 aliphatic heterocycles. The summed E-state index contributed by atoms with van der Waals surface area (Å²) in [6, 6.07) is 13.1. The smallest absolute Gasteiger partial charge is 0.269 e. The first-order valence-electron chi connectivity index (χ1n) is 7.34. The lowest BCUT2D eigenvalue weighted by molar-refractivity contribution is -0.384. The van der Waals surface area contributed by atoms with E-state index in [9.17, 15) is 14.9 Å². The van der Waals surface area contributed by atoms with Crippen LogP contribution in [0, 0.1) is 10.1 Å². The fraction of sp³-hybridized carbons (Fsp3) is 0.176. The van der Waals surface area contributed by atoms with Crippen molar-refractivity contribution in [2.24, 2.45) is 5.10 Å². The number of non-ortho nitro benzene ring substituents is 1. The van der Waals surface area contributed by atoms with E-state index in [1.54, 1.807) is 24.3 Å². The highest BCUT2D eigenvalue weighted by atomic mass is 35.5. The van der Waals surface area contributed by atoms with E-state index >= 15 is 0 Å². The second-order valence-electron chi connectivity index (χ2n) is 5.06. The average Bonchev–Trinajstić information content (AvgIpc) is 2.56. The van der Waals surface area contributed by atoms with Crippen LogP contribution in [0.1, 0.15) is 24.5 Å². The lowest BCUT2D eigenvalue weighted by atomic mass is 10.1. The van der Waals surface area contributed by atoms with Crippen LogP contribution in [0.25, 0.3) is 0 Å². The summed E-state index contributed by atoms with van der Waals surface area (Å²) in [5.41, 5.74) is 4.74. The second kappa shape index (κ2) is 8.21. The maximum atomic E-state index is 12.0. The van der Waals surface area contributed by atoms with Crippen LogP contribution in [0.2, 0.25) is 5.02 Å². The Kier molecular flexibility index (Phi) is 6.03. The van der Waals surface area contributed by atoms with Crippen molar-refractivity contribution in [3.05, 3.63) is 74.8 Å². The Balaban J connectivity index is 2.01. The van der Waals surface area contributed by atoms with Gasteiger partial charge in [-0.25, -0.2) is 5.43 Å². The van der Waals surface area contributed by atoms with Crippen molar-refractivity contribution in [1.82, 2.24) is 5.43 Å². The molecule has 1 amide bonds. The van der Waals surface area contributed by atoms with E-state index in [0.29, 0.717) is 17.0 Å². The summed E-state index contributed by atoms with van der Waals surface area (Å²) >= 11 is 5.96. The topological polar surface area (TPSA) is 84.6 Å². The number of hydrogen-bond donors (Lipinski definition) is 1. The second-order valence-corrected chi connectivity index (χ2v) is 5.49. The van der Waals surface area contributed by atoms with Crippen LogP contribution < -0.4 is 5.43 Å². The Morgan fingerprint density at radius 3 is 2.54 bits per heavy atom. The number of hydrazone groups is 1. The molecule has 0 heterocycles. The van der Waals surface area contributed by atoms with Crippen LogP contribution >= 0.6 is 11.6 Å². The predicted molar refractivity (Wildman–Crippen MR) is 93.2 cm³/mol. The van der Waals surface area contributed by atoms with E-state index in [0.717, 1.165) is 11.3 Å². The monoisotopic (exact) mass is 345 g/mol. The van der Waals surface area contributed by atoms with Gasteiger partial charge in [0.05, 0.1) is 17.1 Å². The maximum absolute atomic E-state index is 12.0. The molecule has 0 saturated carbocycles. The van der Waals surface area contributed by atoms with Gasteiger partial charge in [0.2, 0.25) is 5.91 Å². The van der Waals surface area contributed by atoms with Crippen molar-refractivity contribution >= 4 is 28.9 Å². The first-order chi connectivity index (χ1) is 11.5.